The van der Waals surface area contributed by atoms with Gasteiger partial charge < -0.3 is 4.90 Å². The van der Waals surface area contributed by atoms with Crippen LogP contribution in [0.3, 0.4) is 0 Å². The van der Waals surface area contributed by atoms with Crippen molar-refractivity contribution >= 4 is 26.5 Å². The van der Waals surface area contributed by atoms with Gasteiger partial charge in [-0.05, 0) is 36.1 Å². The third-order valence-corrected chi connectivity index (χ3v) is 5.69. The molecular weight excluding hydrogens is 310 g/mol. The maximum Gasteiger partial charge on any atom is 0.238 e. The number of benzene rings is 2. The molecular formula is C18H21NO3S. The summed E-state index contributed by atoms with van der Waals surface area (Å²) in [7, 11) is -3.48. The summed E-state index contributed by atoms with van der Waals surface area (Å²) in [4.78, 5) is 14.0. The molecule has 0 bridgehead atoms. The lowest BCUT2D eigenvalue weighted by Crippen LogP contribution is -2.37. The van der Waals surface area contributed by atoms with Gasteiger partial charge in [0.2, 0.25) is 5.91 Å². The molecule has 1 fully saturated rings. The molecule has 1 aliphatic rings. The lowest BCUT2D eigenvalue weighted by Gasteiger charge is -2.20. The van der Waals surface area contributed by atoms with Crippen LogP contribution in [0.4, 0.5) is 0 Å². The molecule has 1 aliphatic carbocycles. The summed E-state index contributed by atoms with van der Waals surface area (Å²) in [5, 5.41) is 1.94. The predicted molar refractivity (Wildman–Crippen MR) is 91.8 cm³/mol. The fourth-order valence-electron chi connectivity index (χ4n) is 3.00. The average Bonchev–Trinajstić information content (AvgIpc) is 3.32. The quantitative estimate of drug-likeness (QED) is 0.818. The molecule has 4 nitrogen and oxygen atoms in total. The minimum Gasteiger partial charge on any atom is -0.339 e. The van der Waals surface area contributed by atoms with Gasteiger partial charge >= 0.3 is 0 Å². The van der Waals surface area contributed by atoms with Crippen LogP contribution in [0.5, 0.6) is 0 Å². The Labute approximate surface area is 137 Å². The van der Waals surface area contributed by atoms with E-state index in [1.165, 1.54) is 0 Å². The van der Waals surface area contributed by atoms with Crippen LogP contribution in [0.15, 0.2) is 42.5 Å². The van der Waals surface area contributed by atoms with Gasteiger partial charge in [0.1, 0.15) is 5.75 Å². The van der Waals surface area contributed by atoms with E-state index in [2.05, 4.69) is 0 Å². The molecule has 2 aromatic rings. The Morgan fingerprint density at radius 3 is 2.52 bits per heavy atom. The molecule has 1 saturated carbocycles. The molecule has 0 radical (unpaired) electrons. The first-order chi connectivity index (χ1) is 11.0. The number of fused-ring (bicyclic) bond motifs is 1. The first kappa shape index (κ1) is 16.0. The van der Waals surface area contributed by atoms with E-state index in [1.54, 1.807) is 4.90 Å². The molecule has 0 unspecified atom stereocenters. The van der Waals surface area contributed by atoms with Crippen molar-refractivity contribution in [3.63, 3.8) is 0 Å². The fourth-order valence-corrected chi connectivity index (χ4v) is 4.37. The first-order valence-corrected chi connectivity index (χ1v) is 9.79. The Hall–Kier alpha value is -1.88. The normalized spacial score (nSPS) is 14.8. The molecule has 0 atom stereocenters. The summed E-state index contributed by atoms with van der Waals surface area (Å²) in [6.07, 6.45) is 1.98. The highest BCUT2D eigenvalue weighted by molar-refractivity contribution is 7.91. The highest BCUT2D eigenvalue weighted by Crippen LogP contribution is 2.27. The van der Waals surface area contributed by atoms with Crippen LogP contribution in [0, 0.1) is 0 Å². The van der Waals surface area contributed by atoms with Crippen molar-refractivity contribution in [3.05, 3.63) is 48.0 Å². The fraction of sp³-hybridized carbons (Fsp3) is 0.389. The zero-order valence-electron chi connectivity index (χ0n) is 13.2. The summed E-state index contributed by atoms with van der Waals surface area (Å²) in [5.74, 6) is -0.765. The van der Waals surface area contributed by atoms with Gasteiger partial charge in [-0.1, -0.05) is 42.5 Å². The van der Waals surface area contributed by atoms with Gasteiger partial charge in [-0.2, -0.15) is 0 Å². The van der Waals surface area contributed by atoms with E-state index in [4.69, 9.17) is 0 Å². The van der Waals surface area contributed by atoms with Gasteiger partial charge in [-0.25, -0.2) is 8.42 Å². The Kier molecular flexibility index (Phi) is 4.39. The number of hydrogen-bond acceptors (Lipinski definition) is 3. The van der Waals surface area contributed by atoms with Gasteiger partial charge in [-0.3, -0.25) is 4.79 Å². The minimum atomic E-state index is -3.48. The van der Waals surface area contributed by atoms with Crippen molar-refractivity contribution in [2.24, 2.45) is 0 Å². The molecule has 0 N–H and O–H groups in total. The predicted octanol–water partition coefficient (Wildman–Crippen LogP) is 2.77. The Bertz CT molecular complexity index is 820. The number of amides is 1. The third kappa shape index (κ3) is 3.72. The van der Waals surface area contributed by atoms with Crippen LogP contribution in [-0.2, 0) is 20.4 Å². The Balaban J connectivity index is 1.79. The number of sulfone groups is 1. The molecule has 5 heteroatoms. The molecule has 0 aromatic heterocycles. The van der Waals surface area contributed by atoms with Gasteiger partial charge in [0.25, 0.3) is 0 Å². The van der Waals surface area contributed by atoms with E-state index in [9.17, 15) is 13.2 Å². The number of rotatable bonds is 6. The van der Waals surface area contributed by atoms with E-state index in [1.807, 2.05) is 49.4 Å². The summed E-state index contributed by atoms with van der Waals surface area (Å²) in [5.41, 5.74) is 0.755. The largest absolute Gasteiger partial charge is 0.339 e. The van der Waals surface area contributed by atoms with E-state index >= 15 is 0 Å². The minimum absolute atomic E-state index is 0.0949. The highest BCUT2D eigenvalue weighted by atomic mass is 32.2. The third-order valence-electron chi connectivity index (χ3n) is 4.25. The number of hydrogen-bond donors (Lipinski definition) is 0. The number of carbonyl (C=O) groups is 1. The zero-order chi connectivity index (χ0) is 16.4. The second-order valence-electron chi connectivity index (χ2n) is 6.08. The molecule has 3 rings (SSSR count). The maximum atomic E-state index is 12.5. The zero-order valence-corrected chi connectivity index (χ0v) is 14.1. The van der Waals surface area contributed by atoms with Gasteiger partial charge in [0, 0.05) is 12.6 Å². The molecule has 23 heavy (non-hydrogen) atoms. The topological polar surface area (TPSA) is 54.5 Å². The van der Waals surface area contributed by atoms with E-state index in [0.29, 0.717) is 6.54 Å². The van der Waals surface area contributed by atoms with E-state index < -0.39 is 15.6 Å². The average molecular weight is 331 g/mol. The van der Waals surface area contributed by atoms with Crippen LogP contribution in [-0.4, -0.2) is 37.6 Å². The monoisotopic (exact) mass is 331 g/mol. The van der Waals surface area contributed by atoms with E-state index in [0.717, 1.165) is 29.2 Å². The van der Waals surface area contributed by atoms with Gasteiger partial charge in [0.05, 0.1) is 5.75 Å². The summed E-state index contributed by atoms with van der Waals surface area (Å²) >= 11 is 0. The van der Waals surface area contributed by atoms with E-state index in [-0.39, 0.29) is 17.7 Å². The number of nitrogens with zero attached hydrogens (tertiary/aromatic N) is 1. The van der Waals surface area contributed by atoms with Crippen LogP contribution >= 0.6 is 0 Å². The molecule has 0 spiro atoms. The Morgan fingerprint density at radius 2 is 1.83 bits per heavy atom. The van der Waals surface area contributed by atoms with Crippen molar-refractivity contribution in [1.82, 2.24) is 4.90 Å². The van der Waals surface area contributed by atoms with Crippen LogP contribution in [0.2, 0.25) is 0 Å². The standard InChI is InChI=1S/C18H21NO3S/c1-2-19(16-10-11-16)18(20)13-23(21,22)12-15-8-5-7-14-6-3-4-9-17(14)15/h3-9,16H,2,10-13H2,1H3. The molecule has 122 valence electrons. The van der Waals surface area contributed by atoms with Crippen molar-refractivity contribution in [2.75, 3.05) is 12.3 Å². The van der Waals surface area contributed by atoms with Crippen molar-refractivity contribution in [2.45, 2.75) is 31.6 Å². The van der Waals surface area contributed by atoms with Crippen LogP contribution in [0.25, 0.3) is 10.8 Å². The van der Waals surface area contributed by atoms with Crippen molar-refractivity contribution in [3.8, 4) is 0 Å². The molecule has 2 aromatic carbocycles. The van der Waals surface area contributed by atoms with Gasteiger partial charge in [0.15, 0.2) is 9.84 Å². The van der Waals surface area contributed by atoms with Crippen molar-refractivity contribution < 1.29 is 13.2 Å². The SMILES string of the molecule is CCN(C(=O)CS(=O)(=O)Cc1cccc2ccccc12)C1CC1. The second-order valence-corrected chi connectivity index (χ2v) is 8.15. The molecule has 0 saturated heterocycles. The van der Waals surface area contributed by atoms with Gasteiger partial charge in [-0.15, -0.1) is 0 Å². The Morgan fingerprint density at radius 1 is 1.13 bits per heavy atom. The molecule has 0 aliphatic heterocycles. The lowest BCUT2D eigenvalue weighted by atomic mass is 10.1. The lowest BCUT2D eigenvalue weighted by molar-refractivity contribution is -0.128. The first-order valence-electron chi connectivity index (χ1n) is 7.96. The van der Waals surface area contributed by atoms with Crippen molar-refractivity contribution in [1.29, 1.82) is 0 Å². The summed E-state index contributed by atoms with van der Waals surface area (Å²) < 4.78 is 24.9. The maximum absolute atomic E-state index is 12.5. The summed E-state index contributed by atoms with van der Waals surface area (Å²) in [6, 6.07) is 13.6. The van der Waals surface area contributed by atoms with Crippen LogP contribution in [0.1, 0.15) is 25.3 Å². The summed E-state index contributed by atoms with van der Waals surface area (Å²) in [6.45, 7) is 2.47. The smallest absolute Gasteiger partial charge is 0.238 e. The highest BCUT2D eigenvalue weighted by Gasteiger charge is 2.33. The molecule has 1 amide bonds. The molecule has 0 heterocycles. The number of carbonyl (C=O) groups excluding carboxylic acids is 1. The van der Waals surface area contributed by atoms with Crippen LogP contribution < -0.4 is 0 Å². The second kappa shape index (κ2) is 6.32.